The van der Waals surface area contributed by atoms with Crippen LogP contribution in [0.4, 0.5) is 0 Å². The van der Waals surface area contributed by atoms with Gasteiger partial charge in [-0.2, -0.15) is 4.74 Å². The summed E-state index contributed by atoms with van der Waals surface area (Å²) in [5.41, 5.74) is 0. The summed E-state index contributed by atoms with van der Waals surface area (Å²) >= 11 is 0. The maximum atomic E-state index is 12.6. The van der Waals surface area contributed by atoms with Crippen LogP contribution in [0.5, 0.6) is 0 Å². The van der Waals surface area contributed by atoms with Crippen molar-refractivity contribution in [1.82, 2.24) is 0 Å². The molecule has 0 amide bonds. The van der Waals surface area contributed by atoms with Crippen molar-refractivity contribution < 1.29 is 18.4 Å². The Kier molecular flexibility index (Phi) is 2.89. The van der Waals surface area contributed by atoms with Crippen molar-refractivity contribution in [2.24, 2.45) is 5.92 Å². The van der Waals surface area contributed by atoms with Gasteiger partial charge in [-0.25, -0.2) is 0 Å². The zero-order chi connectivity index (χ0) is 12.0. The molecule has 0 aliphatic carbocycles. The molecular formula is C10H18NO4P. The van der Waals surface area contributed by atoms with Crippen molar-refractivity contribution in [3.63, 3.8) is 0 Å². The fourth-order valence-electron chi connectivity index (χ4n) is 2.29. The van der Waals surface area contributed by atoms with Crippen molar-refractivity contribution in [3.8, 4) is 0 Å². The normalized spacial score (nSPS) is 49.1. The monoisotopic (exact) mass is 247 g/mol. The molecule has 0 bridgehead atoms. The van der Waals surface area contributed by atoms with Gasteiger partial charge in [0.05, 0.1) is 12.7 Å². The highest BCUT2D eigenvalue weighted by Gasteiger charge is 2.60. The van der Waals surface area contributed by atoms with Gasteiger partial charge in [-0.05, 0) is 13.3 Å². The predicted molar refractivity (Wildman–Crippen MR) is 60.6 cm³/mol. The van der Waals surface area contributed by atoms with Crippen LogP contribution in [-0.2, 0) is 13.6 Å². The molecule has 4 atom stereocenters. The lowest BCUT2D eigenvalue weighted by molar-refractivity contribution is -0.507. The van der Waals surface area contributed by atoms with Crippen LogP contribution in [0, 0.1) is 11.1 Å². The summed E-state index contributed by atoms with van der Waals surface area (Å²) in [7, 11) is -3.34. The topological polar surface area (TPSA) is 61.6 Å². The molecule has 5 nitrogen and oxygen atoms in total. The minimum Gasteiger partial charge on any atom is -0.623 e. The highest BCUT2D eigenvalue weighted by atomic mass is 31.2. The summed E-state index contributed by atoms with van der Waals surface area (Å²) in [6.07, 6.45) is 2.67. The van der Waals surface area contributed by atoms with E-state index in [9.17, 15) is 9.77 Å². The van der Waals surface area contributed by atoms with Crippen LogP contribution in [-0.4, -0.2) is 28.9 Å². The van der Waals surface area contributed by atoms with Gasteiger partial charge in [0.15, 0.2) is 6.21 Å². The minimum absolute atomic E-state index is 0.109. The Morgan fingerprint density at radius 2 is 2.25 bits per heavy atom. The van der Waals surface area contributed by atoms with E-state index in [1.807, 2.05) is 13.8 Å². The highest BCUT2D eigenvalue weighted by Crippen LogP contribution is 2.65. The Morgan fingerprint density at radius 1 is 1.56 bits per heavy atom. The molecule has 2 rings (SSSR count). The molecule has 92 valence electrons. The molecule has 16 heavy (non-hydrogen) atoms. The lowest BCUT2D eigenvalue weighted by Crippen LogP contribution is -2.37. The van der Waals surface area contributed by atoms with Gasteiger partial charge in [-0.15, -0.1) is 0 Å². The van der Waals surface area contributed by atoms with Gasteiger partial charge in [0.1, 0.15) is 0 Å². The third kappa shape index (κ3) is 1.71. The Bertz CT molecular complexity index is 370. The second-order valence-corrected chi connectivity index (χ2v) is 7.34. The largest absolute Gasteiger partial charge is 0.623 e. The SMILES string of the molecule is CC1C=[N+]([O-])C(C)(P2(=O)OCCC(C)O2)C1. The van der Waals surface area contributed by atoms with Crippen LogP contribution < -0.4 is 0 Å². The summed E-state index contributed by atoms with van der Waals surface area (Å²) in [5.74, 6) is 0.109. The summed E-state index contributed by atoms with van der Waals surface area (Å²) in [5, 5.41) is 10.8. The highest BCUT2D eigenvalue weighted by molar-refractivity contribution is 7.55. The van der Waals surface area contributed by atoms with Crippen LogP contribution in [0.25, 0.3) is 0 Å². The molecule has 1 fully saturated rings. The second kappa shape index (κ2) is 3.83. The zero-order valence-corrected chi connectivity index (χ0v) is 10.8. The molecule has 2 aliphatic rings. The Labute approximate surface area is 95.6 Å². The van der Waals surface area contributed by atoms with Crippen LogP contribution in [0.1, 0.15) is 33.6 Å². The Balaban J connectivity index is 2.30. The molecule has 0 saturated carbocycles. The second-order valence-electron chi connectivity index (χ2n) is 4.91. The summed E-state index contributed by atoms with van der Waals surface area (Å²) in [4.78, 5) is 0. The van der Waals surface area contributed by atoms with Crippen molar-refractivity contribution in [2.45, 2.75) is 45.0 Å². The van der Waals surface area contributed by atoms with Gasteiger partial charge >= 0.3 is 7.60 Å². The maximum Gasteiger partial charge on any atom is 0.402 e. The molecule has 0 aromatic rings. The summed E-state index contributed by atoms with van der Waals surface area (Å²) in [6, 6.07) is 0. The van der Waals surface area contributed by atoms with E-state index in [1.165, 1.54) is 0 Å². The first kappa shape index (κ1) is 12.1. The summed E-state index contributed by atoms with van der Waals surface area (Å²) < 4.78 is 24.1. The van der Waals surface area contributed by atoms with E-state index in [1.54, 1.807) is 13.1 Å². The molecule has 0 spiro atoms. The molecule has 0 aromatic heterocycles. The first-order valence-corrected chi connectivity index (χ1v) is 7.16. The number of hydrogen-bond donors (Lipinski definition) is 0. The Hall–Kier alpha value is -0.380. The third-order valence-corrected chi connectivity index (χ3v) is 5.99. The van der Waals surface area contributed by atoms with E-state index in [-0.39, 0.29) is 12.0 Å². The van der Waals surface area contributed by atoms with E-state index < -0.39 is 12.9 Å². The van der Waals surface area contributed by atoms with Crippen LogP contribution in [0.2, 0.25) is 0 Å². The average molecular weight is 247 g/mol. The molecule has 0 radical (unpaired) electrons. The van der Waals surface area contributed by atoms with E-state index >= 15 is 0 Å². The molecule has 0 N–H and O–H groups in total. The standard InChI is InChI=1S/C10H18NO4P/c1-8-6-10(3,11(12)7-8)16(13)14-5-4-9(2)15-16/h7-9H,4-6H2,1-3H3. The van der Waals surface area contributed by atoms with Crippen molar-refractivity contribution in [1.29, 1.82) is 0 Å². The quantitative estimate of drug-likeness (QED) is 0.405. The van der Waals surface area contributed by atoms with E-state index in [2.05, 4.69) is 0 Å². The van der Waals surface area contributed by atoms with E-state index in [4.69, 9.17) is 9.05 Å². The van der Waals surface area contributed by atoms with Gasteiger partial charge in [-0.1, -0.05) is 6.92 Å². The molecule has 2 heterocycles. The van der Waals surface area contributed by atoms with Crippen molar-refractivity contribution in [3.05, 3.63) is 5.21 Å². The smallest absolute Gasteiger partial charge is 0.402 e. The van der Waals surface area contributed by atoms with Crippen molar-refractivity contribution >= 4 is 13.8 Å². The predicted octanol–water partition coefficient (Wildman–Crippen LogP) is 2.34. The molecule has 6 heteroatoms. The van der Waals surface area contributed by atoms with Gasteiger partial charge in [0.25, 0.3) is 5.28 Å². The molecule has 4 unspecified atom stereocenters. The lowest BCUT2D eigenvalue weighted by Gasteiger charge is -2.35. The number of hydrogen-bond acceptors (Lipinski definition) is 4. The van der Waals surface area contributed by atoms with Crippen LogP contribution >= 0.6 is 7.60 Å². The van der Waals surface area contributed by atoms with Crippen molar-refractivity contribution in [2.75, 3.05) is 6.61 Å². The Morgan fingerprint density at radius 3 is 2.75 bits per heavy atom. The first-order chi connectivity index (χ1) is 7.37. The van der Waals surface area contributed by atoms with E-state index in [0.29, 0.717) is 13.0 Å². The first-order valence-electron chi connectivity index (χ1n) is 5.62. The maximum absolute atomic E-state index is 12.6. The van der Waals surface area contributed by atoms with E-state index in [0.717, 1.165) is 11.2 Å². The van der Waals surface area contributed by atoms with Gasteiger partial charge in [0.2, 0.25) is 0 Å². The molecule has 0 aromatic carbocycles. The zero-order valence-electron chi connectivity index (χ0n) is 9.88. The lowest BCUT2D eigenvalue weighted by atomic mass is 10.1. The molecule has 1 saturated heterocycles. The van der Waals surface area contributed by atoms with Gasteiger partial charge in [0, 0.05) is 19.3 Å². The van der Waals surface area contributed by atoms with Crippen LogP contribution in [0.15, 0.2) is 0 Å². The average Bonchev–Trinajstić information content (AvgIpc) is 2.41. The fraction of sp³-hybridized carbons (Fsp3) is 0.900. The van der Waals surface area contributed by atoms with Gasteiger partial charge < -0.3 is 14.3 Å². The van der Waals surface area contributed by atoms with Gasteiger partial charge in [-0.3, -0.25) is 4.57 Å². The summed E-state index contributed by atoms with van der Waals surface area (Å²) in [6.45, 7) is 5.85. The third-order valence-electron chi connectivity index (χ3n) is 3.27. The van der Waals surface area contributed by atoms with Crippen LogP contribution in [0.3, 0.4) is 0 Å². The fourth-order valence-corrected chi connectivity index (χ4v) is 4.60. The number of nitrogens with zero attached hydrogens (tertiary/aromatic N) is 1. The number of rotatable bonds is 1. The minimum atomic E-state index is -3.34. The molecule has 2 aliphatic heterocycles. The number of hydroxylamine groups is 1. The molecular weight excluding hydrogens is 229 g/mol.